The smallest absolute Gasteiger partial charge is 0.227 e. The highest BCUT2D eigenvalue weighted by Crippen LogP contribution is 2.20. The Kier molecular flexibility index (Phi) is 6.25. The average molecular weight is 287 g/mol. The van der Waals surface area contributed by atoms with Crippen LogP contribution in [0.15, 0.2) is 18.2 Å². The van der Waals surface area contributed by atoms with Crippen molar-refractivity contribution in [1.29, 1.82) is 0 Å². The Bertz CT molecular complexity index is 437. The van der Waals surface area contributed by atoms with Crippen molar-refractivity contribution in [1.82, 2.24) is 0 Å². The zero-order valence-electron chi connectivity index (χ0n) is 11.2. The number of rotatable bonds is 6. The van der Waals surface area contributed by atoms with Gasteiger partial charge in [0.2, 0.25) is 5.91 Å². The molecule has 0 heterocycles. The van der Waals surface area contributed by atoms with Crippen LogP contribution in [0.1, 0.15) is 33.1 Å². The van der Waals surface area contributed by atoms with Crippen molar-refractivity contribution >= 4 is 23.2 Å². The van der Waals surface area contributed by atoms with Crippen molar-refractivity contribution in [3.05, 3.63) is 29.0 Å². The molecule has 0 saturated heterocycles. The second kappa shape index (κ2) is 7.46. The van der Waals surface area contributed by atoms with E-state index in [0.717, 1.165) is 19.3 Å². The molecule has 1 aromatic rings. The summed E-state index contributed by atoms with van der Waals surface area (Å²) in [5.74, 6) is -0.784. The fraction of sp³-hybridized carbons (Fsp3) is 0.500. The van der Waals surface area contributed by atoms with Crippen molar-refractivity contribution in [3.63, 3.8) is 0 Å². The van der Waals surface area contributed by atoms with Crippen LogP contribution in [0.5, 0.6) is 0 Å². The molecule has 0 aliphatic rings. The Balaban J connectivity index is 2.47. The zero-order valence-corrected chi connectivity index (χ0v) is 12.0. The molecule has 5 heteroatoms. The molecular formula is C14H20ClFN2O. The standard InChI is InChI=1S/C14H20ClFN2O/c1-9(4-3-5-10(2)17)14(19)18-11-6-7-12(15)13(16)8-11/h6-10H,3-5,17H2,1-2H3,(H,18,19). The minimum Gasteiger partial charge on any atom is -0.328 e. The van der Waals surface area contributed by atoms with Gasteiger partial charge in [0, 0.05) is 17.6 Å². The maximum Gasteiger partial charge on any atom is 0.227 e. The maximum absolute atomic E-state index is 13.2. The highest BCUT2D eigenvalue weighted by atomic mass is 35.5. The zero-order chi connectivity index (χ0) is 14.4. The molecular weight excluding hydrogens is 267 g/mol. The van der Waals surface area contributed by atoms with Crippen molar-refractivity contribution in [2.24, 2.45) is 11.7 Å². The summed E-state index contributed by atoms with van der Waals surface area (Å²) in [6, 6.07) is 4.38. The van der Waals surface area contributed by atoms with Gasteiger partial charge in [0.25, 0.3) is 0 Å². The predicted octanol–water partition coefficient (Wildman–Crippen LogP) is 3.57. The second-order valence-corrected chi connectivity index (χ2v) is 5.33. The number of amides is 1. The van der Waals surface area contributed by atoms with Gasteiger partial charge in [-0.05, 0) is 38.0 Å². The molecule has 0 radical (unpaired) electrons. The number of carbonyl (C=O) groups excluding carboxylic acids is 1. The van der Waals surface area contributed by atoms with E-state index in [1.54, 1.807) is 6.07 Å². The quantitative estimate of drug-likeness (QED) is 0.840. The third-order valence-electron chi connectivity index (χ3n) is 2.93. The fourth-order valence-corrected chi connectivity index (χ4v) is 1.83. The van der Waals surface area contributed by atoms with Gasteiger partial charge in [0.05, 0.1) is 5.02 Å². The molecule has 106 valence electrons. The van der Waals surface area contributed by atoms with Gasteiger partial charge in [0.15, 0.2) is 0 Å². The average Bonchev–Trinajstić information content (AvgIpc) is 2.33. The molecule has 2 atom stereocenters. The van der Waals surface area contributed by atoms with Crippen LogP contribution >= 0.6 is 11.6 Å². The minimum absolute atomic E-state index is 0.0444. The summed E-state index contributed by atoms with van der Waals surface area (Å²) in [4.78, 5) is 11.9. The number of nitrogens with two attached hydrogens (primary N) is 1. The Labute approximate surface area is 118 Å². The summed E-state index contributed by atoms with van der Waals surface area (Å²) < 4.78 is 13.2. The van der Waals surface area contributed by atoms with E-state index in [9.17, 15) is 9.18 Å². The van der Waals surface area contributed by atoms with Crippen LogP contribution in [0, 0.1) is 11.7 Å². The lowest BCUT2D eigenvalue weighted by Gasteiger charge is -2.13. The van der Waals surface area contributed by atoms with E-state index in [2.05, 4.69) is 5.32 Å². The van der Waals surface area contributed by atoms with Crippen LogP contribution in [0.3, 0.4) is 0 Å². The molecule has 0 aliphatic carbocycles. The lowest BCUT2D eigenvalue weighted by atomic mass is 10.0. The summed E-state index contributed by atoms with van der Waals surface area (Å²) >= 11 is 5.58. The largest absolute Gasteiger partial charge is 0.328 e. The highest BCUT2D eigenvalue weighted by molar-refractivity contribution is 6.30. The summed E-state index contributed by atoms with van der Waals surface area (Å²) in [6.07, 6.45) is 2.57. The Morgan fingerprint density at radius 3 is 2.68 bits per heavy atom. The summed E-state index contributed by atoms with van der Waals surface area (Å²) in [5, 5.41) is 2.72. The van der Waals surface area contributed by atoms with Gasteiger partial charge in [-0.15, -0.1) is 0 Å². The van der Waals surface area contributed by atoms with E-state index in [1.807, 2.05) is 13.8 Å². The van der Waals surface area contributed by atoms with E-state index < -0.39 is 5.82 Å². The van der Waals surface area contributed by atoms with Gasteiger partial charge in [0.1, 0.15) is 5.82 Å². The lowest BCUT2D eigenvalue weighted by molar-refractivity contribution is -0.119. The molecule has 0 spiro atoms. The molecule has 0 aromatic heterocycles. The maximum atomic E-state index is 13.2. The normalized spacial score (nSPS) is 13.9. The third-order valence-corrected chi connectivity index (χ3v) is 3.24. The van der Waals surface area contributed by atoms with Crippen LogP contribution in [-0.2, 0) is 4.79 Å². The molecule has 3 nitrogen and oxygen atoms in total. The first kappa shape index (κ1) is 15.9. The number of nitrogens with one attached hydrogen (secondary N) is 1. The molecule has 0 bridgehead atoms. The lowest BCUT2D eigenvalue weighted by Crippen LogP contribution is -2.21. The van der Waals surface area contributed by atoms with E-state index in [1.165, 1.54) is 12.1 Å². The first-order valence-corrected chi connectivity index (χ1v) is 6.79. The topological polar surface area (TPSA) is 55.1 Å². The van der Waals surface area contributed by atoms with Gasteiger partial charge < -0.3 is 11.1 Å². The van der Waals surface area contributed by atoms with Crippen LogP contribution in [0.4, 0.5) is 10.1 Å². The Morgan fingerprint density at radius 1 is 1.42 bits per heavy atom. The minimum atomic E-state index is -0.538. The number of anilines is 1. The van der Waals surface area contributed by atoms with Gasteiger partial charge in [-0.1, -0.05) is 24.9 Å². The second-order valence-electron chi connectivity index (χ2n) is 4.93. The number of halogens is 2. The molecule has 1 rings (SSSR count). The number of benzene rings is 1. The summed E-state index contributed by atoms with van der Waals surface area (Å²) in [6.45, 7) is 3.80. The van der Waals surface area contributed by atoms with E-state index in [4.69, 9.17) is 17.3 Å². The summed E-state index contributed by atoms with van der Waals surface area (Å²) in [7, 11) is 0. The van der Waals surface area contributed by atoms with Gasteiger partial charge in [-0.3, -0.25) is 4.79 Å². The van der Waals surface area contributed by atoms with Crippen molar-refractivity contribution in [2.45, 2.75) is 39.2 Å². The first-order valence-electron chi connectivity index (χ1n) is 6.41. The van der Waals surface area contributed by atoms with Crippen LogP contribution in [-0.4, -0.2) is 11.9 Å². The summed E-state index contributed by atoms with van der Waals surface area (Å²) in [5.41, 5.74) is 6.08. The van der Waals surface area contributed by atoms with Crippen molar-refractivity contribution in [2.75, 3.05) is 5.32 Å². The number of hydrogen-bond donors (Lipinski definition) is 2. The number of carbonyl (C=O) groups is 1. The van der Waals surface area contributed by atoms with Crippen molar-refractivity contribution in [3.8, 4) is 0 Å². The molecule has 3 N–H and O–H groups in total. The molecule has 0 saturated carbocycles. The van der Waals surface area contributed by atoms with Crippen LogP contribution < -0.4 is 11.1 Å². The third kappa shape index (κ3) is 5.57. The first-order chi connectivity index (χ1) is 8.90. The monoisotopic (exact) mass is 286 g/mol. The van der Waals surface area contributed by atoms with Crippen molar-refractivity contribution < 1.29 is 9.18 Å². The Hall–Kier alpha value is -1.13. The van der Waals surface area contributed by atoms with Crippen LogP contribution in [0.25, 0.3) is 0 Å². The number of hydrogen-bond acceptors (Lipinski definition) is 2. The SMILES string of the molecule is CC(N)CCCC(C)C(=O)Nc1ccc(Cl)c(F)c1. The molecule has 0 aliphatic heterocycles. The van der Waals surface area contributed by atoms with E-state index >= 15 is 0 Å². The van der Waals surface area contributed by atoms with E-state index in [-0.39, 0.29) is 22.9 Å². The van der Waals surface area contributed by atoms with Gasteiger partial charge >= 0.3 is 0 Å². The van der Waals surface area contributed by atoms with E-state index in [0.29, 0.717) is 5.69 Å². The highest BCUT2D eigenvalue weighted by Gasteiger charge is 2.13. The van der Waals surface area contributed by atoms with Gasteiger partial charge in [-0.2, -0.15) is 0 Å². The molecule has 1 amide bonds. The predicted molar refractivity (Wildman–Crippen MR) is 76.7 cm³/mol. The fourth-order valence-electron chi connectivity index (χ4n) is 1.72. The molecule has 2 unspecified atom stereocenters. The molecule has 19 heavy (non-hydrogen) atoms. The van der Waals surface area contributed by atoms with Gasteiger partial charge in [-0.25, -0.2) is 4.39 Å². The molecule has 0 fully saturated rings. The van der Waals surface area contributed by atoms with Crippen LogP contribution in [0.2, 0.25) is 5.02 Å². The molecule has 1 aromatic carbocycles. The Morgan fingerprint density at radius 2 is 2.11 bits per heavy atom.